The van der Waals surface area contributed by atoms with Crippen molar-refractivity contribution in [2.45, 2.75) is 0 Å². The van der Waals surface area contributed by atoms with Crippen LogP contribution in [0.1, 0.15) is 0 Å². The summed E-state index contributed by atoms with van der Waals surface area (Å²) in [6.07, 6.45) is 0. The predicted molar refractivity (Wildman–Crippen MR) is 13.8 cm³/mol. The van der Waals surface area contributed by atoms with E-state index in [1.807, 2.05) is 0 Å². The standard InChI is InChI=1S/H3NO3S/c2-1-5(3)4/h1-2H,(H,3,4)/p-1. The summed E-state index contributed by atoms with van der Waals surface area (Å²) in [6.45, 7) is 0. The van der Waals surface area contributed by atoms with Gasteiger partial charge in [0.2, 0.25) is 0 Å². The first-order valence-electron chi connectivity index (χ1n) is 0.761. The lowest BCUT2D eigenvalue weighted by molar-refractivity contribution is 0.237. The van der Waals surface area contributed by atoms with Gasteiger partial charge in [0.05, 0.1) is 0 Å². The third-order valence-electron chi connectivity index (χ3n) is 0.0745. The second-order valence-corrected chi connectivity index (χ2v) is 0.978. The Balaban J connectivity index is 2.85. The lowest BCUT2D eigenvalue weighted by Gasteiger charge is -1.94. The number of rotatable bonds is 1. The second-order valence-electron chi connectivity index (χ2n) is 0.326. The molecule has 4 nitrogen and oxygen atoms in total. The van der Waals surface area contributed by atoms with Crippen molar-refractivity contribution >= 4 is 11.3 Å². The molecule has 0 heterocycles. The van der Waals surface area contributed by atoms with E-state index in [0.717, 1.165) is 4.89 Å². The zero-order chi connectivity index (χ0) is 4.28. The monoisotopic (exact) mass is 96.0 g/mol. The second kappa shape index (κ2) is 2.28. The molecule has 0 bridgehead atoms. The first kappa shape index (κ1) is 5.03. The molecule has 0 aliphatic heterocycles. The van der Waals surface area contributed by atoms with Crippen LogP contribution in [0.3, 0.4) is 0 Å². The predicted octanol–water partition coefficient (Wildman–Crippen LogP) is -1.24. The van der Waals surface area contributed by atoms with Gasteiger partial charge in [-0.3, -0.25) is 4.21 Å². The Morgan fingerprint density at radius 2 is 2.20 bits per heavy atom. The third kappa shape index (κ3) is 4.03. The average molecular weight is 96.1 g/mol. The van der Waals surface area contributed by atoms with Crippen LogP contribution in [0.15, 0.2) is 0 Å². The summed E-state index contributed by atoms with van der Waals surface area (Å²) in [5, 5.41) is 7.28. The Kier molecular flexibility index (Phi) is 2.29. The van der Waals surface area contributed by atoms with Crippen LogP contribution in [0, 0.1) is 0 Å². The SMILES string of the molecule is O=S([O-])NO. The summed E-state index contributed by atoms with van der Waals surface area (Å²) in [4.78, 5) is 0.944. The topological polar surface area (TPSA) is 72.4 Å². The van der Waals surface area contributed by atoms with Crippen LogP contribution >= 0.6 is 0 Å². The summed E-state index contributed by atoms with van der Waals surface area (Å²) in [5.74, 6) is 0. The molecule has 5 heavy (non-hydrogen) atoms. The summed E-state index contributed by atoms with van der Waals surface area (Å²) in [6, 6.07) is 0. The van der Waals surface area contributed by atoms with E-state index >= 15 is 0 Å². The molecule has 0 rings (SSSR count). The summed E-state index contributed by atoms with van der Waals surface area (Å²) in [5.41, 5.74) is 0. The van der Waals surface area contributed by atoms with Crippen molar-refractivity contribution < 1.29 is 14.0 Å². The minimum absolute atomic E-state index is 0.944. The average Bonchev–Trinajstić information content (AvgIpc) is 1.38. The first-order valence-corrected chi connectivity index (χ1v) is 1.84. The molecule has 0 radical (unpaired) electrons. The lowest BCUT2D eigenvalue weighted by Crippen LogP contribution is -2.08. The Hall–Kier alpha value is 0.0300. The van der Waals surface area contributed by atoms with Crippen molar-refractivity contribution in [3.63, 3.8) is 0 Å². The van der Waals surface area contributed by atoms with Crippen molar-refractivity contribution in [1.29, 1.82) is 0 Å². The van der Waals surface area contributed by atoms with Crippen LogP contribution in [0.25, 0.3) is 0 Å². The summed E-state index contributed by atoms with van der Waals surface area (Å²) in [7, 11) is 0. The van der Waals surface area contributed by atoms with Crippen molar-refractivity contribution in [1.82, 2.24) is 4.89 Å². The maximum atomic E-state index is 9.01. The van der Waals surface area contributed by atoms with Gasteiger partial charge in [0.1, 0.15) is 0 Å². The molecule has 0 amide bonds. The number of hydrogen-bond donors (Lipinski definition) is 2. The zero-order valence-electron chi connectivity index (χ0n) is 2.17. The quantitative estimate of drug-likeness (QED) is 0.317. The van der Waals surface area contributed by atoms with Gasteiger partial charge in [-0.05, 0) is 0 Å². The van der Waals surface area contributed by atoms with Gasteiger partial charge in [-0.1, -0.05) is 0 Å². The van der Waals surface area contributed by atoms with E-state index in [4.69, 9.17) is 14.0 Å². The van der Waals surface area contributed by atoms with E-state index < -0.39 is 11.3 Å². The molecular weight excluding hydrogens is 94.1 g/mol. The van der Waals surface area contributed by atoms with E-state index in [-0.39, 0.29) is 0 Å². The highest BCUT2D eigenvalue weighted by atomic mass is 32.2. The molecule has 0 aliphatic carbocycles. The highest BCUT2D eigenvalue weighted by molar-refractivity contribution is 7.76. The smallest absolute Gasteiger partial charge is 0.0425 e. The fraction of sp³-hybridized carbons (Fsp3) is 0. The largest absolute Gasteiger partial charge is 0.758 e. The Labute approximate surface area is 31.2 Å². The molecule has 5 heteroatoms. The maximum Gasteiger partial charge on any atom is 0.0425 e. The van der Waals surface area contributed by atoms with Crippen molar-refractivity contribution in [2.75, 3.05) is 0 Å². The van der Waals surface area contributed by atoms with Crippen LogP contribution in [0.5, 0.6) is 0 Å². The van der Waals surface area contributed by atoms with Crippen molar-refractivity contribution in [3.05, 3.63) is 0 Å². The molecule has 1 atom stereocenters. The molecular formula is H2NO3S-. The van der Waals surface area contributed by atoms with Crippen molar-refractivity contribution in [2.24, 2.45) is 0 Å². The summed E-state index contributed by atoms with van der Waals surface area (Å²) < 4.78 is 18.0. The van der Waals surface area contributed by atoms with Crippen LogP contribution in [0.2, 0.25) is 0 Å². The number of hydrogen-bond acceptors (Lipinski definition) is 3. The van der Waals surface area contributed by atoms with Gasteiger partial charge >= 0.3 is 0 Å². The number of nitrogens with one attached hydrogen (secondary N) is 1. The molecule has 0 aromatic carbocycles. The molecule has 0 fully saturated rings. The first-order chi connectivity index (χ1) is 2.27. The Bertz CT molecular complexity index is 42.2. The summed E-state index contributed by atoms with van der Waals surface area (Å²) >= 11 is -2.52. The molecule has 0 aromatic rings. The fourth-order valence-corrected chi connectivity index (χ4v) is 0. The van der Waals surface area contributed by atoms with Crippen LogP contribution in [-0.4, -0.2) is 14.0 Å². The highest BCUT2D eigenvalue weighted by Crippen LogP contribution is 1.46. The fourth-order valence-electron chi connectivity index (χ4n) is 0. The van der Waals surface area contributed by atoms with Gasteiger partial charge in [-0.25, -0.2) is 0 Å². The minimum Gasteiger partial charge on any atom is -0.758 e. The normalized spacial score (nSPS) is 14.8. The van der Waals surface area contributed by atoms with Gasteiger partial charge in [0.25, 0.3) is 0 Å². The van der Waals surface area contributed by atoms with Gasteiger partial charge in [0, 0.05) is 11.3 Å². The van der Waals surface area contributed by atoms with Gasteiger partial charge in [-0.15, -0.1) is 4.89 Å². The lowest BCUT2D eigenvalue weighted by atomic mass is 13.5. The molecule has 1 unspecified atom stereocenters. The molecule has 2 N–H and O–H groups in total. The van der Waals surface area contributed by atoms with Crippen molar-refractivity contribution in [3.8, 4) is 0 Å². The minimum atomic E-state index is -2.52. The van der Waals surface area contributed by atoms with E-state index in [9.17, 15) is 0 Å². The Morgan fingerprint density at radius 3 is 2.20 bits per heavy atom. The van der Waals surface area contributed by atoms with E-state index in [1.165, 1.54) is 0 Å². The highest BCUT2D eigenvalue weighted by Gasteiger charge is 1.59. The van der Waals surface area contributed by atoms with Gasteiger partial charge in [0.15, 0.2) is 0 Å². The molecule has 0 spiro atoms. The van der Waals surface area contributed by atoms with Crippen LogP contribution in [-0.2, 0) is 11.3 Å². The van der Waals surface area contributed by atoms with Crippen LogP contribution < -0.4 is 4.89 Å². The van der Waals surface area contributed by atoms with E-state index in [0.29, 0.717) is 0 Å². The Morgan fingerprint density at radius 1 is 2.00 bits per heavy atom. The van der Waals surface area contributed by atoms with Crippen LogP contribution in [0.4, 0.5) is 0 Å². The molecule has 0 aliphatic rings. The molecule has 0 saturated carbocycles. The van der Waals surface area contributed by atoms with E-state index in [1.54, 1.807) is 0 Å². The maximum absolute atomic E-state index is 9.01. The van der Waals surface area contributed by atoms with Gasteiger partial charge in [-0.2, -0.15) is 0 Å². The van der Waals surface area contributed by atoms with E-state index in [2.05, 4.69) is 0 Å². The third-order valence-corrected chi connectivity index (χ3v) is 0.224. The van der Waals surface area contributed by atoms with Gasteiger partial charge < -0.3 is 9.76 Å². The molecule has 0 saturated heterocycles. The molecule has 0 aromatic heterocycles. The zero-order valence-corrected chi connectivity index (χ0v) is 2.99. The molecule has 32 valence electrons.